The monoisotopic (exact) mass is 386 g/mol. The Kier molecular flexibility index (Phi) is 4.82. The first-order valence-corrected chi connectivity index (χ1v) is 10.3. The van der Waals surface area contributed by atoms with Crippen molar-refractivity contribution in [2.75, 3.05) is 49.5 Å². The van der Waals surface area contributed by atoms with E-state index in [9.17, 15) is 4.79 Å². The van der Waals surface area contributed by atoms with Crippen LogP contribution < -0.4 is 10.2 Å². The van der Waals surface area contributed by atoms with Gasteiger partial charge < -0.3 is 15.1 Å². The first-order chi connectivity index (χ1) is 14.3. The Labute approximate surface area is 171 Å². The summed E-state index contributed by atoms with van der Waals surface area (Å²) in [6.45, 7) is 5.82. The van der Waals surface area contributed by atoms with Gasteiger partial charge in [0.15, 0.2) is 0 Å². The summed E-state index contributed by atoms with van der Waals surface area (Å²) in [6, 6.07) is 25.4. The number of hydrogen-bond acceptors (Lipinski definition) is 3. The third-order valence-corrected chi connectivity index (χ3v) is 6.10. The van der Waals surface area contributed by atoms with E-state index in [-0.39, 0.29) is 6.03 Å². The number of amides is 2. The van der Waals surface area contributed by atoms with Crippen LogP contribution in [-0.4, -0.2) is 61.1 Å². The highest BCUT2D eigenvalue weighted by molar-refractivity contribution is 5.93. The van der Waals surface area contributed by atoms with Crippen molar-refractivity contribution in [3.63, 3.8) is 0 Å². The quantitative estimate of drug-likeness (QED) is 0.743. The van der Waals surface area contributed by atoms with Crippen molar-refractivity contribution in [3.8, 4) is 0 Å². The first kappa shape index (κ1) is 18.0. The number of anilines is 2. The van der Waals surface area contributed by atoms with E-state index in [0.29, 0.717) is 6.04 Å². The minimum atomic E-state index is -0.000507. The van der Waals surface area contributed by atoms with E-state index in [2.05, 4.69) is 63.6 Å². The lowest BCUT2D eigenvalue weighted by molar-refractivity contribution is 0.0578. The van der Waals surface area contributed by atoms with E-state index in [1.54, 1.807) is 0 Å². The van der Waals surface area contributed by atoms with Gasteiger partial charge in [0, 0.05) is 56.7 Å². The molecule has 0 aliphatic carbocycles. The van der Waals surface area contributed by atoms with Crippen LogP contribution in [0.15, 0.2) is 72.8 Å². The second-order valence-electron chi connectivity index (χ2n) is 7.91. The molecule has 0 unspecified atom stereocenters. The van der Waals surface area contributed by atoms with Crippen LogP contribution in [0.5, 0.6) is 0 Å². The number of piperazine rings is 1. The average Bonchev–Trinajstić information content (AvgIpc) is 2.74. The van der Waals surface area contributed by atoms with E-state index in [0.717, 1.165) is 50.3 Å². The van der Waals surface area contributed by atoms with Gasteiger partial charge in [0.2, 0.25) is 0 Å². The van der Waals surface area contributed by atoms with Gasteiger partial charge in [-0.05, 0) is 35.0 Å². The number of benzene rings is 3. The van der Waals surface area contributed by atoms with Gasteiger partial charge in [-0.2, -0.15) is 0 Å². The van der Waals surface area contributed by atoms with Crippen molar-refractivity contribution < 1.29 is 4.79 Å². The molecule has 5 rings (SSSR count). The van der Waals surface area contributed by atoms with Crippen molar-refractivity contribution >= 4 is 28.2 Å². The zero-order chi connectivity index (χ0) is 19.6. The molecular formula is C24H26N4O. The smallest absolute Gasteiger partial charge is 0.321 e. The molecule has 2 heterocycles. The Bertz CT molecular complexity index is 992. The molecule has 5 heteroatoms. The van der Waals surface area contributed by atoms with Crippen LogP contribution in [0.3, 0.4) is 0 Å². The number of rotatable bonds is 3. The van der Waals surface area contributed by atoms with Gasteiger partial charge in [0.25, 0.3) is 0 Å². The molecule has 0 bridgehead atoms. The lowest BCUT2D eigenvalue weighted by atomic mass is 10.1. The summed E-state index contributed by atoms with van der Waals surface area (Å²) >= 11 is 0. The maximum atomic E-state index is 12.6. The number of fused-ring (bicyclic) bond motifs is 1. The summed E-state index contributed by atoms with van der Waals surface area (Å²) in [5.74, 6) is 0. The molecule has 0 radical (unpaired) electrons. The molecule has 1 N–H and O–H groups in total. The van der Waals surface area contributed by atoms with Crippen LogP contribution in [0, 0.1) is 0 Å². The van der Waals surface area contributed by atoms with Crippen molar-refractivity contribution in [1.29, 1.82) is 0 Å². The standard InChI is InChI=1S/C24H26N4O/c29-24(25-21-11-10-19-6-4-5-7-20(19)16-21)28-17-23(18-28)27-14-12-26(13-15-27)22-8-2-1-3-9-22/h1-11,16,23H,12-15,17-18H2,(H,25,29). The summed E-state index contributed by atoms with van der Waals surface area (Å²) in [5, 5.41) is 5.37. The Morgan fingerprint density at radius 2 is 1.48 bits per heavy atom. The average molecular weight is 386 g/mol. The van der Waals surface area contributed by atoms with Crippen molar-refractivity contribution in [2.24, 2.45) is 0 Å². The third kappa shape index (κ3) is 3.78. The van der Waals surface area contributed by atoms with Gasteiger partial charge in [-0.25, -0.2) is 4.79 Å². The Morgan fingerprint density at radius 3 is 2.24 bits per heavy atom. The lowest BCUT2D eigenvalue weighted by Crippen LogP contribution is -2.64. The highest BCUT2D eigenvalue weighted by Crippen LogP contribution is 2.23. The van der Waals surface area contributed by atoms with Gasteiger partial charge in [-0.15, -0.1) is 0 Å². The van der Waals surface area contributed by atoms with Crippen LogP contribution in [0.25, 0.3) is 10.8 Å². The van der Waals surface area contributed by atoms with Crippen LogP contribution in [0.1, 0.15) is 0 Å². The largest absolute Gasteiger partial charge is 0.369 e. The zero-order valence-corrected chi connectivity index (χ0v) is 16.5. The minimum Gasteiger partial charge on any atom is -0.369 e. The van der Waals surface area contributed by atoms with Crippen LogP contribution in [0.4, 0.5) is 16.2 Å². The van der Waals surface area contributed by atoms with Crippen molar-refractivity contribution in [2.45, 2.75) is 6.04 Å². The maximum absolute atomic E-state index is 12.6. The minimum absolute atomic E-state index is 0.000507. The number of likely N-dealkylation sites (tertiary alicyclic amines) is 1. The number of carbonyl (C=O) groups is 1. The molecule has 3 aromatic carbocycles. The molecule has 0 atom stereocenters. The molecule has 2 aliphatic heterocycles. The summed E-state index contributed by atoms with van der Waals surface area (Å²) < 4.78 is 0. The van der Waals surface area contributed by atoms with Gasteiger partial charge in [-0.3, -0.25) is 4.90 Å². The fraction of sp³-hybridized carbons (Fsp3) is 0.292. The molecule has 2 amide bonds. The molecular weight excluding hydrogens is 360 g/mol. The molecule has 29 heavy (non-hydrogen) atoms. The predicted octanol–water partition coefficient (Wildman–Crippen LogP) is 3.88. The fourth-order valence-corrected chi connectivity index (χ4v) is 4.31. The van der Waals surface area contributed by atoms with Gasteiger partial charge >= 0.3 is 6.03 Å². The predicted molar refractivity (Wildman–Crippen MR) is 119 cm³/mol. The van der Waals surface area contributed by atoms with Gasteiger partial charge in [-0.1, -0.05) is 48.5 Å². The van der Waals surface area contributed by atoms with Gasteiger partial charge in [0.05, 0.1) is 0 Å². The number of urea groups is 1. The van der Waals surface area contributed by atoms with Crippen LogP contribution in [0.2, 0.25) is 0 Å². The number of nitrogens with zero attached hydrogens (tertiary/aromatic N) is 3. The number of hydrogen-bond donors (Lipinski definition) is 1. The molecule has 148 valence electrons. The SMILES string of the molecule is O=C(Nc1ccc2ccccc2c1)N1CC(N2CCN(c3ccccc3)CC2)C1. The van der Waals surface area contributed by atoms with Crippen molar-refractivity contribution in [1.82, 2.24) is 9.80 Å². The fourth-order valence-electron chi connectivity index (χ4n) is 4.31. The number of carbonyl (C=O) groups excluding carboxylic acids is 1. The zero-order valence-electron chi connectivity index (χ0n) is 16.5. The molecule has 0 saturated carbocycles. The normalized spacial score (nSPS) is 17.9. The second kappa shape index (κ2) is 7.76. The number of para-hydroxylation sites is 1. The summed E-state index contributed by atoms with van der Waals surface area (Å²) in [4.78, 5) is 19.5. The van der Waals surface area contributed by atoms with Crippen LogP contribution in [-0.2, 0) is 0 Å². The second-order valence-corrected chi connectivity index (χ2v) is 7.91. The Morgan fingerprint density at radius 1 is 0.793 bits per heavy atom. The van der Waals surface area contributed by atoms with E-state index >= 15 is 0 Å². The molecule has 2 saturated heterocycles. The van der Waals surface area contributed by atoms with Gasteiger partial charge in [0.1, 0.15) is 0 Å². The third-order valence-electron chi connectivity index (χ3n) is 6.10. The summed E-state index contributed by atoms with van der Waals surface area (Å²) in [7, 11) is 0. The molecule has 0 spiro atoms. The first-order valence-electron chi connectivity index (χ1n) is 10.3. The molecule has 5 nitrogen and oxygen atoms in total. The van der Waals surface area contributed by atoms with Crippen LogP contribution >= 0.6 is 0 Å². The molecule has 2 aliphatic rings. The van der Waals surface area contributed by atoms with E-state index in [1.165, 1.54) is 11.1 Å². The van der Waals surface area contributed by atoms with E-state index < -0.39 is 0 Å². The maximum Gasteiger partial charge on any atom is 0.321 e. The Hall–Kier alpha value is -3.05. The summed E-state index contributed by atoms with van der Waals surface area (Å²) in [5.41, 5.74) is 2.16. The summed E-state index contributed by atoms with van der Waals surface area (Å²) in [6.07, 6.45) is 0. The highest BCUT2D eigenvalue weighted by Gasteiger charge is 2.36. The topological polar surface area (TPSA) is 38.8 Å². The van der Waals surface area contributed by atoms with E-state index in [1.807, 2.05) is 29.2 Å². The molecule has 2 fully saturated rings. The number of nitrogens with one attached hydrogen (secondary N) is 1. The molecule has 0 aromatic heterocycles. The van der Waals surface area contributed by atoms with E-state index in [4.69, 9.17) is 0 Å². The van der Waals surface area contributed by atoms with Crippen molar-refractivity contribution in [3.05, 3.63) is 72.8 Å². The highest BCUT2D eigenvalue weighted by atomic mass is 16.2. The Balaban J connectivity index is 1.11. The molecule has 3 aromatic rings. The lowest BCUT2D eigenvalue weighted by Gasteiger charge is -2.48.